The van der Waals surface area contributed by atoms with Crippen molar-refractivity contribution in [2.45, 2.75) is 39.3 Å². The Bertz CT molecular complexity index is 425. The summed E-state index contributed by atoms with van der Waals surface area (Å²) in [5, 5.41) is 0. The smallest absolute Gasteiger partial charge is 0.248 e. The van der Waals surface area contributed by atoms with Gasteiger partial charge in [0.1, 0.15) is 6.61 Å². The van der Waals surface area contributed by atoms with E-state index in [4.69, 9.17) is 4.74 Å². The molecule has 0 bridgehead atoms. The van der Waals surface area contributed by atoms with Crippen LogP contribution in [-0.4, -0.2) is 85.5 Å². The lowest BCUT2D eigenvalue weighted by Crippen LogP contribution is -2.61. The number of amides is 2. The van der Waals surface area contributed by atoms with Gasteiger partial charge in [-0.15, -0.1) is 0 Å². The normalized spacial score (nSPS) is 27.4. The number of rotatable bonds is 5. The molecule has 0 aliphatic carbocycles. The minimum atomic E-state index is -0.100. The van der Waals surface area contributed by atoms with Gasteiger partial charge in [0.25, 0.3) is 0 Å². The van der Waals surface area contributed by atoms with Crippen molar-refractivity contribution in [2.75, 3.05) is 46.9 Å². The predicted molar refractivity (Wildman–Crippen MR) is 89.0 cm³/mol. The van der Waals surface area contributed by atoms with Crippen LogP contribution < -0.4 is 0 Å². The van der Waals surface area contributed by atoms with E-state index >= 15 is 0 Å². The van der Waals surface area contributed by atoms with Gasteiger partial charge in [0.05, 0.1) is 12.1 Å². The van der Waals surface area contributed by atoms with Crippen molar-refractivity contribution in [3.05, 3.63) is 0 Å². The fourth-order valence-corrected chi connectivity index (χ4v) is 3.47. The van der Waals surface area contributed by atoms with Gasteiger partial charge >= 0.3 is 0 Å². The minimum Gasteiger partial charge on any atom is -0.366 e. The molecule has 0 spiro atoms. The molecular weight excluding hydrogens is 294 g/mol. The quantitative estimate of drug-likeness (QED) is 0.745. The molecule has 0 aromatic rings. The summed E-state index contributed by atoms with van der Waals surface area (Å²) < 4.78 is 5.58. The molecule has 2 aliphatic heterocycles. The van der Waals surface area contributed by atoms with Crippen LogP contribution in [0.15, 0.2) is 0 Å². The first kappa shape index (κ1) is 18.2. The van der Waals surface area contributed by atoms with Crippen molar-refractivity contribution in [2.24, 2.45) is 11.8 Å². The summed E-state index contributed by atoms with van der Waals surface area (Å²) in [5.74, 6) is 1.37. The van der Waals surface area contributed by atoms with E-state index in [1.807, 2.05) is 11.8 Å². The van der Waals surface area contributed by atoms with Crippen LogP contribution in [0.4, 0.5) is 0 Å². The lowest BCUT2D eigenvalue weighted by molar-refractivity contribution is -0.150. The third kappa shape index (κ3) is 4.67. The molecule has 0 aromatic carbocycles. The number of carbonyl (C=O) groups excluding carboxylic acids is 2. The molecule has 0 aromatic heterocycles. The molecule has 2 fully saturated rings. The van der Waals surface area contributed by atoms with Gasteiger partial charge in [-0.1, -0.05) is 13.8 Å². The Morgan fingerprint density at radius 2 is 1.70 bits per heavy atom. The maximum absolute atomic E-state index is 12.7. The van der Waals surface area contributed by atoms with E-state index < -0.39 is 0 Å². The van der Waals surface area contributed by atoms with Gasteiger partial charge in [-0.05, 0) is 25.2 Å². The molecule has 0 saturated carbocycles. The van der Waals surface area contributed by atoms with Crippen LogP contribution in [0.1, 0.15) is 27.2 Å². The van der Waals surface area contributed by atoms with Crippen LogP contribution in [0.25, 0.3) is 0 Å². The van der Waals surface area contributed by atoms with Crippen molar-refractivity contribution >= 4 is 11.8 Å². The maximum Gasteiger partial charge on any atom is 0.248 e. The van der Waals surface area contributed by atoms with Crippen LogP contribution in [0.2, 0.25) is 0 Å². The molecule has 6 nitrogen and oxygen atoms in total. The zero-order valence-electron chi connectivity index (χ0n) is 15.1. The van der Waals surface area contributed by atoms with Crippen LogP contribution in [0.5, 0.6) is 0 Å². The SMILES string of the molecule is C[C@@H]1C[C@@H](C)CN(C(=O)[C@@H](C)N2CC(OCC(=O)N(C)C)C2)C1. The summed E-state index contributed by atoms with van der Waals surface area (Å²) in [5.41, 5.74) is 0. The topological polar surface area (TPSA) is 53.1 Å². The number of hydrogen-bond donors (Lipinski definition) is 0. The van der Waals surface area contributed by atoms with E-state index in [-0.39, 0.29) is 30.6 Å². The molecule has 6 heteroatoms. The number of piperidine rings is 1. The van der Waals surface area contributed by atoms with E-state index in [0.29, 0.717) is 11.8 Å². The number of likely N-dealkylation sites (tertiary alicyclic amines) is 2. The van der Waals surface area contributed by atoms with E-state index in [9.17, 15) is 9.59 Å². The first-order valence-corrected chi connectivity index (χ1v) is 8.62. The zero-order valence-corrected chi connectivity index (χ0v) is 15.1. The highest BCUT2D eigenvalue weighted by molar-refractivity contribution is 5.81. The van der Waals surface area contributed by atoms with E-state index in [1.165, 1.54) is 11.3 Å². The minimum absolute atomic E-state index is 0.0242. The van der Waals surface area contributed by atoms with Gasteiger partial charge in [-0.25, -0.2) is 0 Å². The number of likely N-dealkylation sites (N-methyl/N-ethyl adjacent to an activating group) is 1. The zero-order chi connectivity index (χ0) is 17.1. The average molecular weight is 325 g/mol. The third-order valence-electron chi connectivity index (χ3n) is 4.90. The molecule has 132 valence electrons. The summed E-state index contributed by atoms with van der Waals surface area (Å²) in [6, 6.07) is -0.100. The molecule has 2 heterocycles. The number of carbonyl (C=O) groups is 2. The van der Waals surface area contributed by atoms with Gasteiger partial charge in [0.2, 0.25) is 11.8 Å². The molecule has 0 N–H and O–H groups in total. The maximum atomic E-state index is 12.7. The van der Waals surface area contributed by atoms with Gasteiger partial charge in [-0.3, -0.25) is 14.5 Å². The first-order chi connectivity index (χ1) is 10.8. The Balaban J connectivity index is 1.74. The van der Waals surface area contributed by atoms with Gasteiger partial charge < -0.3 is 14.5 Å². The predicted octanol–water partition coefficient (Wildman–Crippen LogP) is 0.668. The molecule has 2 rings (SSSR count). The van der Waals surface area contributed by atoms with Gasteiger partial charge in [0, 0.05) is 40.3 Å². The second-order valence-electron chi connectivity index (χ2n) is 7.54. The Labute approximate surface area is 139 Å². The highest BCUT2D eigenvalue weighted by Gasteiger charge is 2.37. The highest BCUT2D eigenvalue weighted by atomic mass is 16.5. The monoisotopic (exact) mass is 325 g/mol. The summed E-state index contributed by atoms with van der Waals surface area (Å²) in [6.45, 7) is 9.74. The summed E-state index contributed by atoms with van der Waals surface area (Å²) in [6.07, 6.45) is 1.27. The van der Waals surface area contributed by atoms with Crippen molar-refractivity contribution in [1.82, 2.24) is 14.7 Å². The molecule has 23 heavy (non-hydrogen) atoms. The second-order valence-corrected chi connectivity index (χ2v) is 7.54. The fraction of sp³-hybridized carbons (Fsp3) is 0.882. The standard InChI is InChI=1S/C17H31N3O3/c1-12-6-13(2)8-20(7-12)17(22)14(3)19-9-15(10-19)23-11-16(21)18(4)5/h12-15H,6-11H2,1-5H3/t12-,13-,14-/m1/s1. The molecular formula is C17H31N3O3. The molecule has 3 atom stereocenters. The highest BCUT2D eigenvalue weighted by Crippen LogP contribution is 2.23. The van der Waals surface area contributed by atoms with Crippen molar-refractivity contribution in [1.29, 1.82) is 0 Å². The Morgan fingerprint density at radius 1 is 1.13 bits per heavy atom. The van der Waals surface area contributed by atoms with Crippen LogP contribution in [0.3, 0.4) is 0 Å². The lowest BCUT2D eigenvalue weighted by atomic mass is 9.91. The first-order valence-electron chi connectivity index (χ1n) is 8.62. The fourth-order valence-electron chi connectivity index (χ4n) is 3.47. The lowest BCUT2D eigenvalue weighted by Gasteiger charge is -2.44. The molecule has 2 aliphatic rings. The van der Waals surface area contributed by atoms with Crippen molar-refractivity contribution in [3.63, 3.8) is 0 Å². The van der Waals surface area contributed by atoms with E-state index in [1.54, 1.807) is 14.1 Å². The van der Waals surface area contributed by atoms with Crippen molar-refractivity contribution in [3.8, 4) is 0 Å². The Kier molecular flexibility index (Phi) is 6.03. The molecule has 2 saturated heterocycles. The van der Waals surface area contributed by atoms with Gasteiger partial charge in [-0.2, -0.15) is 0 Å². The third-order valence-corrected chi connectivity index (χ3v) is 4.90. The van der Waals surface area contributed by atoms with Crippen LogP contribution in [0, 0.1) is 11.8 Å². The molecule has 0 unspecified atom stereocenters. The largest absolute Gasteiger partial charge is 0.366 e. The summed E-state index contributed by atoms with van der Waals surface area (Å²) >= 11 is 0. The molecule has 0 radical (unpaired) electrons. The Hall–Kier alpha value is -1.14. The Morgan fingerprint density at radius 3 is 2.22 bits per heavy atom. The summed E-state index contributed by atoms with van der Waals surface area (Å²) in [7, 11) is 3.44. The second kappa shape index (κ2) is 7.62. The van der Waals surface area contributed by atoms with Gasteiger partial charge in [0.15, 0.2) is 0 Å². The van der Waals surface area contributed by atoms with Crippen molar-refractivity contribution < 1.29 is 14.3 Å². The van der Waals surface area contributed by atoms with Crippen LogP contribution in [-0.2, 0) is 14.3 Å². The average Bonchev–Trinajstić information content (AvgIpc) is 2.42. The summed E-state index contributed by atoms with van der Waals surface area (Å²) in [4.78, 5) is 29.9. The molecule has 2 amide bonds. The number of ether oxygens (including phenoxy) is 1. The number of nitrogens with zero attached hydrogens (tertiary/aromatic N) is 3. The van der Waals surface area contributed by atoms with Crippen LogP contribution >= 0.6 is 0 Å². The van der Waals surface area contributed by atoms with E-state index in [0.717, 1.165) is 26.2 Å². The number of hydrogen-bond acceptors (Lipinski definition) is 4. The van der Waals surface area contributed by atoms with E-state index in [2.05, 4.69) is 18.7 Å².